The van der Waals surface area contributed by atoms with Gasteiger partial charge in [-0.1, -0.05) is 30.4 Å². The molecule has 1 aromatic heterocycles. The van der Waals surface area contributed by atoms with Crippen molar-refractivity contribution in [2.75, 3.05) is 48.8 Å². The molecule has 0 bridgehead atoms. The Morgan fingerprint density at radius 2 is 1.20 bits per heavy atom. The van der Waals surface area contributed by atoms with Crippen LogP contribution in [0, 0.1) is 0 Å². The van der Waals surface area contributed by atoms with E-state index in [9.17, 15) is 0 Å². The minimum Gasteiger partial charge on any atom is -0.493 e. The molecule has 8 nitrogen and oxygen atoms in total. The van der Waals surface area contributed by atoms with Gasteiger partial charge < -0.3 is 33.2 Å². The average Bonchev–Trinajstić information content (AvgIpc) is 3.54. The van der Waals surface area contributed by atoms with E-state index in [2.05, 4.69) is 6.07 Å². The fourth-order valence-corrected chi connectivity index (χ4v) is 5.92. The molecule has 0 N–H and O–H groups in total. The molecule has 0 saturated carbocycles. The quantitative estimate of drug-likeness (QED) is 0.0782. The van der Waals surface area contributed by atoms with Gasteiger partial charge in [-0.15, -0.1) is 11.3 Å². The van der Waals surface area contributed by atoms with Crippen LogP contribution in [-0.2, 0) is 0 Å². The van der Waals surface area contributed by atoms with Crippen LogP contribution < -0.4 is 33.2 Å². The Morgan fingerprint density at radius 1 is 0.565 bits per heavy atom. The third kappa shape index (κ3) is 7.84. The largest absolute Gasteiger partial charge is 0.493 e. The van der Waals surface area contributed by atoms with Gasteiger partial charge in [0.1, 0.15) is 5.01 Å². The molecule has 0 atom stereocenters. The van der Waals surface area contributed by atoms with Crippen LogP contribution >= 0.6 is 11.3 Å². The van der Waals surface area contributed by atoms with Gasteiger partial charge in [0.25, 0.3) is 0 Å². The molecule has 0 aliphatic rings. The van der Waals surface area contributed by atoms with E-state index in [1.54, 1.807) is 46.9 Å². The van der Waals surface area contributed by atoms with Crippen molar-refractivity contribution >= 4 is 33.7 Å². The third-order valence-electron chi connectivity index (χ3n) is 7.35. The molecule has 0 aliphatic heterocycles. The number of fused-ring (bicyclic) bond motifs is 1. The minimum atomic E-state index is 0.559. The SMILES string of the molecule is COc1cc(-c2nc3ccccc3s2)ccc1OCCCCCOc1cc(/C=C\c2cc(OC)c(OC)c(OC)c2)ccc1OC. The van der Waals surface area contributed by atoms with Crippen LogP contribution in [0.3, 0.4) is 0 Å². The van der Waals surface area contributed by atoms with Gasteiger partial charge in [-0.25, -0.2) is 4.98 Å². The summed E-state index contributed by atoms with van der Waals surface area (Å²) in [4.78, 5) is 4.76. The predicted molar refractivity (Wildman–Crippen MR) is 184 cm³/mol. The molecule has 0 spiro atoms. The van der Waals surface area contributed by atoms with E-state index >= 15 is 0 Å². The Hall–Kier alpha value is -4.89. The minimum absolute atomic E-state index is 0.559. The van der Waals surface area contributed by atoms with Crippen molar-refractivity contribution in [1.82, 2.24) is 4.98 Å². The van der Waals surface area contributed by atoms with Gasteiger partial charge in [0.2, 0.25) is 5.75 Å². The number of para-hydroxylation sites is 1. The van der Waals surface area contributed by atoms with Crippen molar-refractivity contribution in [2.45, 2.75) is 19.3 Å². The van der Waals surface area contributed by atoms with E-state index in [4.69, 9.17) is 38.1 Å². The zero-order valence-electron chi connectivity index (χ0n) is 26.8. The normalized spacial score (nSPS) is 11.1. The first-order valence-corrected chi connectivity index (χ1v) is 15.8. The van der Waals surface area contributed by atoms with Gasteiger partial charge in [0.15, 0.2) is 34.5 Å². The van der Waals surface area contributed by atoms with Crippen LogP contribution in [0.2, 0.25) is 0 Å². The summed E-state index contributed by atoms with van der Waals surface area (Å²) in [5.41, 5.74) is 3.90. The first-order valence-electron chi connectivity index (χ1n) is 15.0. The highest BCUT2D eigenvalue weighted by Gasteiger charge is 2.13. The molecule has 0 unspecified atom stereocenters. The number of rotatable bonds is 16. The average molecular weight is 642 g/mol. The lowest BCUT2D eigenvalue weighted by molar-refractivity contribution is 0.264. The zero-order chi connectivity index (χ0) is 32.3. The van der Waals surface area contributed by atoms with Crippen LogP contribution in [0.15, 0.2) is 72.8 Å². The highest BCUT2D eigenvalue weighted by molar-refractivity contribution is 7.21. The number of nitrogens with zero attached hydrogens (tertiary/aromatic N) is 1. The molecule has 240 valence electrons. The van der Waals surface area contributed by atoms with Gasteiger partial charge in [-0.2, -0.15) is 0 Å². The highest BCUT2D eigenvalue weighted by Crippen LogP contribution is 2.39. The lowest BCUT2D eigenvalue weighted by Gasteiger charge is -2.13. The summed E-state index contributed by atoms with van der Waals surface area (Å²) in [6, 6.07) is 23.8. The van der Waals surface area contributed by atoms with Crippen LogP contribution in [0.4, 0.5) is 0 Å². The molecule has 0 saturated heterocycles. The van der Waals surface area contributed by atoms with Crippen molar-refractivity contribution < 1.29 is 33.2 Å². The summed E-state index contributed by atoms with van der Waals surface area (Å²) >= 11 is 1.67. The molecular formula is C37H39NO7S. The van der Waals surface area contributed by atoms with Crippen molar-refractivity contribution in [1.29, 1.82) is 0 Å². The molecular weight excluding hydrogens is 602 g/mol. The van der Waals surface area contributed by atoms with Gasteiger partial charge in [0.05, 0.1) is 59.0 Å². The molecule has 5 aromatic rings. The van der Waals surface area contributed by atoms with E-state index in [0.29, 0.717) is 47.7 Å². The molecule has 0 fully saturated rings. The second-order valence-electron chi connectivity index (χ2n) is 10.3. The highest BCUT2D eigenvalue weighted by atomic mass is 32.1. The third-order valence-corrected chi connectivity index (χ3v) is 8.44. The summed E-state index contributed by atoms with van der Waals surface area (Å²) in [6.45, 7) is 1.15. The van der Waals surface area contributed by atoms with Crippen LogP contribution in [0.5, 0.6) is 40.2 Å². The summed E-state index contributed by atoms with van der Waals surface area (Å²) in [7, 11) is 8.10. The number of unbranched alkanes of at least 4 members (excludes halogenated alkanes) is 2. The number of benzene rings is 4. The molecule has 0 radical (unpaired) electrons. The number of methoxy groups -OCH3 is 5. The molecule has 5 rings (SSSR count). The number of ether oxygens (including phenoxy) is 7. The Morgan fingerprint density at radius 3 is 1.87 bits per heavy atom. The van der Waals surface area contributed by atoms with Gasteiger partial charge in [-0.05, 0) is 85.0 Å². The van der Waals surface area contributed by atoms with Crippen LogP contribution in [0.25, 0.3) is 32.9 Å². The fraction of sp³-hybridized carbons (Fsp3) is 0.270. The Labute approximate surface area is 274 Å². The zero-order valence-corrected chi connectivity index (χ0v) is 27.6. The topological polar surface area (TPSA) is 77.5 Å². The van der Waals surface area contributed by atoms with Gasteiger partial charge in [0, 0.05) is 5.56 Å². The maximum absolute atomic E-state index is 6.12. The van der Waals surface area contributed by atoms with Gasteiger partial charge in [-0.3, -0.25) is 0 Å². The molecule has 0 aliphatic carbocycles. The molecule has 4 aromatic carbocycles. The second-order valence-corrected chi connectivity index (χ2v) is 11.3. The fourth-order valence-electron chi connectivity index (χ4n) is 4.96. The molecule has 1 heterocycles. The number of hydrogen-bond acceptors (Lipinski definition) is 9. The van der Waals surface area contributed by atoms with Crippen molar-refractivity contribution in [2.24, 2.45) is 0 Å². The Bertz CT molecular complexity index is 1720. The first-order chi connectivity index (χ1) is 22.6. The number of thiazole rings is 1. The van der Waals surface area contributed by atoms with Gasteiger partial charge >= 0.3 is 0 Å². The smallest absolute Gasteiger partial charge is 0.203 e. The lowest BCUT2D eigenvalue weighted by Crippen LogP contribution is -2.03. The molecule has 46 heavy (non-hydrogen) atoms. The number of hydrogen-bond donors (Lipinski definition) is 0. The van der Waals surface area contributed by atoms with Crippen molar-refractivity contribution in [3.8, 4) is 50.8 Å². The lowest BCUT2D eigenvalue weighted by atomic mass is 10.1. The van der Waals surface area contributed by atoms with Crippen molar-refractivity contribution in [3.05, 3.63) is 83.9 Å². The molecule has 0 amide bonds. The second kappa shape index (κ2) is 15.9. The Balaban J connectivity index is 1.11. The predicted octanol–water partition coefficient (Wildman–Crippen LogP) is 8.80. The first kappa shape index (κ1) is 32.5. The summed E-state index contributed by atoms with van der Waals surface area (Å²) in [5.74, 6) is 4.57. The maximum atomic E-state index is 6.12. The van der Waals surface area contributed by atoms with Crippen LogP contribution in [-0.4, -0.2) is 53.7 Å². The maximum Gasteiger partial charge on any atom is 0.203 e. The van der Waals surface area contributed by atoms with E-state index in [0.717, 1.165) is 56.9 Å². The standard InChI is InChI=1S/C37H39NO7S/c1-39-29-17-15-25(13-14-26-22-33(41-3)36(43-5)34(23-26)42-4)21-32(29)45-20-10-6-9-19-44-30-18-16-27(24-31(30)40-2)37-38-28-11-7-8-12-35(28)46-37/h7-8,11-18,21-24H,6,9-10,19-20H2,1-5H3/b14-13-. The van der Waals surface area contributed by atoms with E-state index in [1.165, 1.54) is 0 Å². The monoisotopic (exact) mass is 641 g/mol. The van der Waals surface area contributed by atoms with E-state index in [1.807, 2.05) is 78.9 Å². The van der Waals surface area contributed by atoms with E-state index < -0.39 is 0 Å². The Kier molecular flexibility index (Phi) is 11.2. The van der Waals surface area contributed by atoms with Crippen molar-refractivity contribution in [3.63, 3.8) is 0 Å². The summed E-state index contributed by atoms with van der Waals surface area (Å²) < 4.78 is 40.9. The molecule has 9 heteroatoms. The summed E-state index contributed by atoms with van der Waals surface area (Å²) in [6.07, 6.45) is 6.71. The number of aromatic nitrogens is 1. The van der Waals surface area contributed by atoms with E-state index in [-0.39, 0.29) is 0 Å². The van der Waals surface area contributed by atoms with Crippen LogP contribution in [0.1, 0.15) is 30.4 Å². The summed E-state index contributed by atoms with van der Waals surface area (Å²) in [5, 5.41) is 0.961.